The second-order valence-corrected chi connectivity index (χ2v) is 7.14. The van der Waals surface area contributed by atoms with Crippen LogP contribution < -0.4 is 5.73 Å². The summed E-state index contributed by atoms with van der Waals surface area (Å²) in [6.45, 7) is 0. The monoisotopic (exact) mass is 354 g/mol. The van der Waals surface area contributed by atoms with Gasteiger partial charge in [-0.2, -0.15) is 0 Å². The first-order chi connectivity index (χ1) is 12.0. The van der Waals surface area contributed by atoms with Crippen LogP contribution in [0, 0.1) is 5.92 Å². The molecular formula is C19H19ClN4O. The molecule has 1 aromatic carbocycles. The van der Waals surface area contributed by atoms with Crippen molar-refractivity contribution in [3.8, 4) is 11.1 Å². The summed E-state index contributed by atoms with van der Waals surface area (Å²) in [5.74, 6) is 0.430. The van der Waals surface area contributed by atoms with Crippen molar-refractivity contribution >= 4 is 23.5 Å². The van der Waals surface area contributed by atoms with Crippen LogP contribution in [-0.2, 0) is 10.3 Å². The Balaban J connectivity index is 1.84. The van der Waals surface area contributed by atoms with Gasteiger partial charge in [-0.15, -0.1) is 0 Å². The number of hydrogen-bond acceptors (Lipinski definition) is 4. The molecule has 1 saturated carbocycles. The van der Waals surface area contributed by atoms with Gasteiger partial charge in [0, 0.05) is 25.0 Å². The molecule has 0 saturated heterocycles. The van der Waals surface area contributed by atoms with E-state index in [2.05, 4.69) is 9.98 Å². The van der Waals surface area contributed by atoms with E-state index in [-0.39, 0.29) is 17.8 Å². The minimum atomic E-state index is -0.904. The zero-order valence-corrected chi connectivity index (χ0v) is 14.7. The topological polar surface area (TPSA) is 71.6 Å². The maximum atomic E-state index is 13.1. The second-order valence-electron chi connectivity index (χ2n) is 6.70. The summed E-state index contributed by atoms with van der Waals surface area (Å²) in [6, 6.07) is 9.78. The van der Waals surface area contributed by atoms with Gasteiger partial charge in [-0.3, -0.25) is 14.7 Å². The number of amides is 1. The first-order valence-electron chi connectivity index (χ1n) is 8.37. The van der Waals surface area contributed by atoms with E-state index in [4.69, 9.17) is 17.3 Å². The molecular weight excluding hydrogens is 336 g/mol. The molecule has 2 heterocycles. The van der Waals surface area contributed by atoms with Crippen LogP contribution >= 0.6 is 11.6 Å². The van der Waals surface area contributed by atoms with Gasteiger partial charge in [0.15, 0.2) is 11.5 Å². The quantitative estimate of drug-likeness (QED) is 0.920. The van der Waals surface area contributed by atoms with Crippen molar-refractivity contribution in [2.75, 3.05) is 7.05 Å². The van der Waals surface area contributed by atoms with Crippen molar-refractivity contribution in [2.24, 2.45) is 16.6 Å². The summed E-state index contributed by atoms with van der Waals surface area (Å²) in [7, 11) is 1.69. The molecule has 128 valence electrons. The van der Waals surface area contributed by atoms with Gasteiger partial charge in [-0.25, -0.2) is 4.99 Å². The van der Waals surface area contributed by atoms with Crippen LogP contribution in [-0.4, -0.2) is 28.8 Å². The number of nitrogens with zero attached hydrogens (tertiary/aromatic N) is 3. The van der Waals surface area contributed by atoms with Crippen LogP contribution in [0.15, 0.2) is 47.7 Å². The first-order valence-corrected chi connectivity index (χ1v) is 8.75. The number of pyridine rings is 1. The lowest BCUT2D eigenvalue weighted by molar-refractivity contribution is -0.133. The summed E-state index contributed by atoms with van der Waals surface area (Å²) in [6.07, 6.45) is 6.46. The third-order valence-corrected chi connectivity index (χ3v) is 5.51. The summed E-state index contributed by atoms with van der Waals surface area (Å²) in [5.41, 5.74) is 7.84. The molecule has 25 heavy (non-hydrogen) atoms. The Kier molecular flexibility index (Phi) is 3.76. The highest BCUT2D eigenvalue weighted by atomic mass is 35.5. The fourth-order valence-corrected chi connectivity index (χ4v) is 3.86. The number of carbonyl (C=O) groups is 1. The Bertz CT molecular complexity index is 877. The van der Waals surface area contributed by atoms with Crippen LogP contribution in [0.5, 0.6) is 0 Å². The average molecular weight is 355 g/mol. The number of guanidine groups is 1. The SMILES string of the molecule is CN1C(=O)C(c2cccc(-c3cncc(Cl)c3)c2)(C2CCC2)N=C1N. The van der Waals surface area contributed by atoms with Crippen molar-refractivity contribution in [1.82, 2.24) is 9.88 Å². The number of hydrogen-bond donors (Lipinski definition) is 1. The van der Waals surface area contributed by atoms with Gasteiger partial charge in [0.25, 0.3) is 5.91 Å². The van der Waals surface area contributed by atoms with Crippen molar-refractivity contribution in [2.45, 2.75) is 24.8 Å². The third-order valence-electron chi connectivity index (χ3n) is 5.30. The maximum Gasteiger partial charge on any atom is 0.261 e. The van der Waals surface area contributed by atoms with E-state index >= 15 is 0 Å². The third kappa shape index (κ3) is 2.42. The van der Waals surface area contributed by atoms with Gasteiger partial charge < -0.3 is 5.73 Å². The molecule has 0 spiro atoms. The van der Waals surface area contributed by atoms with Gasteiger partial charge >= 0.3 is 0 Å². The number of aliphatic imine (C=N–C) groups is 1. The lowest BCUT2D eigenvalue weighted by Crippen LogP contribution is -2.47. The molecule has 1 fully saturated rings. The Morgan fingerprint density at radius 3 is 2.64 bits per heavy atom. The Labute approximate surface area is 151 Å². The molecule has 5 nitrogen and oxygen atoms in total. The van der Waals surface area contributed by atoms with Crippen LogP contribution in [0.25, 0.3) is 11.1 Å². The summed E-state index contributed by atoms with van der Waals surface area (Å²) < 4.78 is 0. The number of carbonyl (C=O) groups excluding carboxylic acids is 1. The van der Waals surface area contributed by atoms with Gasteiger partial charge in [0.1, 0.15) is 0 Å². The van der Waals surface area contributed by atoms with Crippen LogP contribution in [0.4, 0.5) is 0 Å². The van der Waals surface area contributed by atoms with Gasteiger partial charge in [0.2, 0.25) is 0 Å². The average Bonchev–Trinajstić information content (AvgIpc) is 2.79. The molecule has 2 N–H and O–H groups in total. The minimum absolute atomic E-state index is 0.0453. The van der Waals surface area contributed by atoms with Gasteiger partial charge in [-0.1, -0.05) is 36.2 Å². The highest BCUT2D eigenvalue weighted by molar-refractivity contribution is 6.30. The molecule has 2 aromatic rings. The molecule has 1 aliphatic heterocycles. The molecule has 2 aliphatic rings. The molecule has 1 unspecified atom stereocenters. The van der Waals surface area contributed by atoms with E-state index in [9.17, 15) is 4.79 Å². The lowest BCUT2D eigenvalue weighted by Gasteiger charge is -2.39. The van der Waals surface area contributed by atoms with E-state index < -0.39 is 5.54 Å². The molecule has 1 aromatic heterocycles. The minimum Gasteiger partial charge on any atom is -0.369 e. The second kappa shape index (κ2) is 5.85. The number of nitrogens with two attached hydrogens (primary N) is 1. The number of benzene rings is 1. The normalized spacial score (nSPS) is 23.5. The largest absolute Gasteiger partial charge is 0.369 e. The molecule has 1 aliphatic carbocycles. The highest BCUT2D eigenvalue weighted by Crippen LogP contribution is 2.48. The van der Waals surface area contributed by atoms with E-state index in [1.165, 1.54) is 4.90 Å². The van der Waals surface area contributed by atoms with Crippen molar-refractivity contribution in [3.05, 3.63) is 53.3 Å². The number of halogens is 1. The van der Waals surface area contributed by atoms with E-state index in [0.29, 0.717) is 5.02 Å². The molecule has 4 rings (SSSR count). The molecule has 0 radical (unpaired) electrons. The Morgan fingerprint density at radius 2 is 2.04 bits per heavy atom. The van der Waals surface area contributed by atoms with E-state index in [1.54, 1.807) is 19.4 Å². The van der Waals surface area contributed by atoms with Gasteiger partial charge in [0.05, 0.1) is 5.02 Å². The van der Waals surface area contributed by atoms with Crippen LogP contribution in [0.2, 0.25) is 5.02 Å². The Morgan fingerprint density at radius 1 is 1.24 bits per heavy atom. The highest BCUT2D eigenvalue weighted by Gasteiger charge is 2.54. The van der Waals surface area contributed by atoms with Gasteiger partial charge in [-0.05, 0) is 42.0 Å². The number of rotatable bonds is 3. The maximum absolute atomic E-state index is 13.1. The van der Waals surface area contributed by atoms with Crippen molar-refractivity contribution in [1.29, 1.82) is 0 Å². The number of aromatic nitrogens is 1. The summed E-state index contributed by atoms with van der Waals surface area (Å²) in [5, 5.41) is 0.579. The smallest absolute Gasteiger partial charge is 0.261 e. The van der Waals surface area contributed by atoms with E-state index in [0.717, 1.165) is 36.0 Å². The first kappa shape index (κ1) is 16.1. The molecule has 0 bridgehead atoms. The summed E-state index contributed by atoms with van der Waals surface area (Å²) >= 11 is 6.07. The van der Waals surface area contributed by atoms with Crippen LogP contribution in [0.3, 0.4) is 0 Å². The Hall–Kier alpha value is -2.40. The zero-order valence-electron chi connectivity index (χ0n) is 13.9. The van der Waals surface area contributed by atoms with Crippen LogP contribution in [0.1, 0.15) is 24.8 Å². The van der Waals surface area contributed by atoms with Crippen molar-refractivity contribution < 1.29 is 4.79 Å². The predicted octanol–water partition coefficient (Wildman–Crippen LogP) is 3.18. The summed E-state index contributed by atoms with van der Waals surface area (Å²) in [4.78, 5) is 23.3. The number of likely N-dealkylation sites (N-methyl/N-ethyl adjacent to an activating group) is 1. The lowest BCUT2D eigenvalue weighted by atomic mass is 9.67. The zero-order chi connectivity index (χ0) is 17.6. The molecule has 6 heteroatoms. The molecule has 1 atom stereocenters. The predicted molar refractivity (Wildman–Crippen MR) is 98.1 cm³/mol. The fraction of sp³-hybridized carbons (Fsp3) is 0.316. The van der Waals surface area contributed by atoms with E-state index in [1.807, 2.05) is 30.3 Å². The fourth-order valence-electron chi connectivity index (χ4n) is 3.68. The van der Waals surface area contributed by atoms with Crippen molar-refractivity contribution in [3.63, 3.8) is 0 Å². The molecule has 1 amide bonds. The standard InChI is InChI=1S/C19H19ClN4O/c1-24-17(25)19(23-18(24)21,14-5-3-6-14)15-7-2-4-12(8-15)13-9-16(20)11-22-10-13/h2,4,7-11,14H,3,5-6H2,1H3,(H2,21,23).